The molecule has 0 radical (unpaired) electrons. The standard InChI is InChI=1S/C10H12O2S/c1-3-10(13(11)12)9-6-4-8(2)5-7-9/h3-7,10H,1H2,2H3,(H,11,12)/p-1. The second kappa shape index (κ2) is 4.35. The first kappa shape index (κ1) is 10.2. The number of hydrogen-bond acceptors (Lipinski definition) is 2. The van der Waals surface area contributed by atoms with Crippen molar-refractivity contribution in [3.05, 3.63) is 48.0 Å². The highest BCUT2D eigenvalue weighted by atomic mass is 32.2. The van der Waals surface area contributed by atoms with E-state index in [1.165, 1.54) is 6.08 Å². The maximum Gasteiger partial charge on any atom is 0.0642 e. The van der Waals surface area contributed by atoms with Crippen molar-refractivity contribution in [1.82, 2.24) is 0 Å². The summed E-state index contributed by atoms with van der Waals surface area (Å²) in [5.74, 6) is 0. The van der Waals surface area contributed by atoms with E-state index in [2.05, 4.69) is 6.58 Å². The molecular formula is C10H11O2S-. The van der Waals surface area contributed by atoms with E-state index < -0.39 is 16.3 Å². The van der Waals surface area contributed by atoms with Gasteiger partial charge in [0.2, 0.25) is 0 Å². The van der Waals surface area contributed by atoms with Crippen LogP contribution in [0.15, 0.2) is 36.9 Å². The van der Waals surface area contributed by atoms with Gasteiger partial charge in [-0.3, -0.25) is 4.21 Å². The molecule has 0 spiro atoms. The first-order chi connectivity index (χ1) is 6.15. The largest absolute Gasteiger partial charge is 0.772 e. The average Bonchev–Trinajstić information content (AvgIpc) is 2.09. The molecule has 0 aliphatic carbocycles. The van der Waals surface area contributed by atoms with Crippen LogP contribution in [0.3, 0.4) is 0 Å². The van der Waals surface area contributed by atoms with Gasteiger partial charge in [0.1, 0.15) is 0 Å². The van der Waals surface area contributed by atoms with Crippen molar-refractivity contribution in [1.29, 1.82) is 0 Å². The van der Waals surface area contributed by atoms with Crippen LogP contribution in [-0.4, -0.2) is 8.76 Å². The van der Waals surface area contributed by atoms with Crippen LogP contribution in [-0.2, 0) is 11.1 Å². The number of hydrogen-bond donors (Lipinski definition) is 0. The van der Waals surface area contributed by atoms with E-state index in [0.29, 0.717) is 0 Å². The summed E-state index contributed by atoms with van der Waals surface area (Å²) in [6, 6.07) is 7.38. The maximum absolute atomic E-state index is 10.7. The molecule has 1 aromatic rings. The Balaban J connectivity index is 2.99. The van der Waals surface area contributed by atoms with Gasteiger partial charge in [-0.2, -0.15) is 0 Å². The van der Waals surface area contributed by atoms with Crippen molar-refractivity contribution in [2.45, 2.75) is 12.2 Å². The third-order valence-corrected chi connectivity index (χ3v) is 2.71. The van der Waals surface area contributed by atoms with Crippen molar-refractivity contribution >= 4 is 11.1 Å². The minimum atomic E-state index is -2.13. The van der Waals surface area contributed by atoms with Gasteiger partial charge in [0, 0.05) is 0 Å². The fraction of sp³-hybridized carbons (Fsp3) is 0.200. The minimum Gasteiger partial charge on any atom is -0.772 e. The Morgan fingerprint density at radius 3 is 2.38 bits per heavy atom. The molecule has 0 amide bonds. The molecule has 0 heterocycles. The van der Waals surface area contributed by atoms with Gasteiger partial charge in [-0.05, 0) is 23.6 Å². The summed E-state index contributed by atoms with van der Waals surface area (Å²) < 4.78 is 21.5. The topological polar surface area (TPSA) is 40.1 Å². The van der Waals surface area contributed by atoms with Gasteiger partial charge in [0.15, 0.2) is 0 Å². The van der Waals surface area contributed by atoms with E-state index in [0.717, 1.165) is 11.1 Å². The van der Waals surface area contributed by atoms with E-state index in [9.17, 15) is 8.76 Å². The monoisotopic (exact) mass is 195 g/mol. The van der Waals surface area contributed by atoms with Crippen molar-refractivity contribution in [3.63, 3.8) is 0 Å². The Hall–Kier alpha value is -0.930. The van der Waals surface area contributed by atoms with E-state index in [-0.39, 0.29) is 0 Å². The third-order valence-electron chi connectivity index (χ3n) is 1.83. The molecule has 1 aromatic carbocycles. The highest BCUT2D eigenvalue weighted by molar-refractivity contribution is 7.79. The molecule has 0 aliphatic rings. The molecule has 0 aliphatic heterocycles. The van der Waals surface area contributed by atoms with Crippen LogP contribution in [0.25, 0.3) is 0 Å². The predicted octanol–water partition coefficient (Wildman–Crippen LogP) is 2.10. The van der Waals surface area contributed by atoms with E-state index >= 15 is 0 Å². The van der Waals surface area contributed by atoms with Crippen molar-refractivity contribution in [2.75, 3.05) is 0 Å². The van der Waals surface area contributed by atoms with Crippen molar-refractivity contribution in [3.8, 4) is 0 Å². The molecule has 1 rings (SSSR count). The zero-order valence-electron chi connectivity index (χ0n) is 7.40. The van der Waals surface area contributed by atoms with Crippen molar-refractivity contribution in [2.24, 2.45) is 0 Å². The fourth-order valence-electron chi connectivity index (χ4n) is 1.08. The lowest BCUT2D eigenvalue weighted by atomic mass is 10.1. The predicted molar refractivity (Wildman–Crippen MR) is 53.0 cm³/mol. The summed E-state index contributed by atoms with van der Waals surface area (Å²) in [5, 5.41) is -0.597. The zero-order valence-corrected chi connectivity index (χ0v) is 8.21. The van der Waals surface area contributed by atoms with Gasteiger partial charge in [-0.15, -0.1) is 6.58 Å². The summed E-state index contributed by atoms with van der Waals surface area (Å²) in [5.41, 5.74) is 1.87. The lowest BCUT2D eigenvalue weighted by molar-refractivity contribution is 0.531. The SMILES string of the molecule is C=CC(c1ccc(C)cc1)S(=O)[O-]. The second-order valence-electron chi connectivity index (χ2n) is 2.83. The normalized spacial score (nSPS) is 14.9. The van der Waals surface area contributed by atoms with Gasteiger partial charge in [-0.25, -0.2) is 0 Å². The molecule has 0 saturated carbocycles. The van der Waals surface area contributed by atoms with Gasteiger partial charge in [0.25, 0.3) is 0 Å². The van der Waals surface area contributed by atoms with Crippen LogP contribution in [0.4, 0.5) is 0 Å². The van der Waals surface area contributed by atoms with Crippen LogP contribution in [0.2, 0.25) is 0 Å². The van der Waals surface area contributed by atoms with Gasteiger partial charge in [0.05, 0.1) is 5.25 Å². The highest BCUT2D eigenvalue weighted by Gasteiger charge is 2.06. The summed E-state index contributed by atoms with van der Waals surface area (Å²) in [4.78, 5) is 0. The highest BCUT2D eigenvalue weighted by Crippen LogP contribution is 2.19. The van der Waals surface area contributed by atoms with E-state index in [1.807, 2.05) is 19.1 Å². The lowest BCUT2D eigenvalue weighted by Crippen LogP contribution is -2.02. The van der Waals surface area contributed by atoms with Crippen LogP contribution in [0.5, 0.6) is 0 Å². The second-order valence-corrected chi connectivity index (χ2v) is 3.86. The molecule has 0 saturated heterocycles. The Morgan fingerprint density at radius 2 is 2.00 bits per heavy atom. The molecule has 70 valence electrons. The van der Waals surface area contributed by atoms with E-state index in [4.69, 9.17) is 0 Å². The van der Waals surface area contributed by atoms with Crippen LogP contribution >= 0.6 is 0 Å². The van der Waals surface area contributed by atoms with Crippen LogP contribution < -0.4 is 0 Å². The summed E-state index contributed by atoms with van der Waals surface area (Å²) in [6.45, 7) is 5.45. The van der Waals surface area contributed by atoms with Gasteiger partial charge in [-0.1, -0.05) is 35.9 Å². The summed E-state index contributed by atoms with van der Waals surface area (Å²) in [7, 11) is 0. The Kier molecular flexibility index (Phi) is 3.39. The Morgan fingerprint density at radius 1 is 1.46 bits per heavy atom. The maximum atomic E-state index is 10.7. The third kappa shape index (κ3) is 2.50. The molecule has 0 fully saturated rings. The average molecular weight is 195 g/mol. The molecular weight excluding hydrogens is 184 g/mol. The number of aryl methyl sites for hydroxylation is 1. The summed E-state index contributed by atoms with van der Waals surface area (Å²) >= 11 is -2.13. The zero-order chi connectivity index (χ0) is 9.84. The first-order valence-corrected chi connectivity index (χ1v) is 5.06. The first-order valence-electron chi connectivity index (χ1n) is 3.92. The smallest absolute Gasteiger partial charge is 0.0642 e. The minimum absolute atomic E-state index is 0.597. The molecule has 2 nitrogen and oxygen atoms in total. The van der Waals surface area contributed by atoms with Crippen LogP contribution in [0, 0.1) is 6.92 Å². The van der Waals surface area contributed by atoms with E-state index in [1.54, 1.807) is 12.1 Å². The Bertz CT molecular complexity index is 316. The molecule has 2 atom stereocenters. The molecule has 0 bridgehead atoms. The van der Waals surface area contributed by atoms with Gasteiger partial charge < -0.3 is 4.55 Å². The fourth-order valence-corrected chi connectivity index (χ4v) is 1.62. The Labute approximate surface area is 80.6 Å². The molecule has 0 aromatic heterocycles. The van der Waals surface area contributed by atoms with Crippen LogP contribution in [0.1, 0.15) is 16.4 Å². The molecule has 3 heteroatoms. The molecule has 2 unspecified atom stereocenters. The van der Waals surface area contributed by atoms with Crippen molar-refractivity contribution < 1.29 is 8.76 Å². The molecule has 13 heavy (non-hydrogen) atoms. The van der Waals surface area contributed by atoms with Gasteiger partial charge >= 0.3 is 0 Å². The summed E-state index contributed by atoms with van der Waals surface area (Å²) in [6.07, 6.45) is 1.42. The number of rotatable bonds is 3. The number of benzene rings is 1. The quantitative estimate of drug-likeness (QED) is 0.547. The lowest BCUT2D eigenvalue weighted by Gasteiger charge is -2.15. The molecule has 0 N–H and O–H groups in total.